The van der Waals surface area contributed by atoms with E-state index in [2.05, 4.69) is 15.6 Å². The molecular formula is C20H19N3O2. The summed E-state index contributed by atoms with van der Waals surface area (Å²) < 4.78 is 0. The van der Waals surface area contributed by atoms with Crippen molar-refractivity contribution in [1.82, 2.24) is 15.6 Å². The molecule has 0 bridgehead atoms. The van der Waals surface area contributed by atoms with Crippen LogP contribution in [-0.2, 0) is 4.79 Å². The highest BCUT2D eigenvalue weighted by molar-refractivity contribution is 6.16. The molecule has 2 N–H and O–H groups in total. The van der Waals surface area contributed by atoms with Crippen LogP contribution in [0, 0.1) is 0 Å². The summed E-state index contributed by atoms with van der Waals surface area (Å²) in [6.45, 7) is 0.672. The van der Waals surface area contributed by atoms with Crippen molar-refractivity contribution < 1.29 is 9.59 Å². The molecular weight excluding hydrogens is 314 g/mol. The molecule has 5 heteroatoms. The Kier molecular flexibility index (Phi) is 4.06. The van der Waals surface area contributed by atoms with Crippen LogP contribution in [0.25, 0.3) is 21.7 Å². The van der Waals surface area contributed by atoms with E-state index >= 15 is 0 Å². The monoisotopic (exact) mass is 333 g/mol. The Hall–Kier alpha value is -2.95. The van der Waals surface area contributed by atoms with Crippen LogP contribution in [0.1, 0.15) is 29.6 Å². The fraction of sp³-hybridized carbons (Fsp3) is 0.250. The summed E-state index contributed by atoms with van der Waals surface area (Å²) in [7, 11) is 0. The maximum atomic E-state index is 12.9. The number of benzene rings is 2. The van der Waals surface area contributed by atoms with Gasteiger partial charge in [-0.25, -0.2) is 0 Å². The number of rotatable bonds is 2. The molecule has 126 valence electrons. The number of carbonyl (C=O) groups is 2. The van der Waals surface area contributed by atoms with E-state index in [1.165, 1.54) is 0 Å². The van der Waals surface area contributed by atoms with E-state index in [1.807, 2.05) is 42.5 Å². The number of amides is 2. The van der Waals surface area contributed by atoms with Gasteiger partial charge in [-0.3, -0.25) is 14.6 Å². The van der Waals surface area contributed by atoms with Gasteiger partial charge in [0.2, 0.25) is 5.91 Å². The summed E-state index contributed by atoms with van der Waals surface area (Å²) in [5, 5.41) is 8.73. The molecule has 1 fully saturated rings. The van der Waals surface area contributed by atoms with Gasteiger partial charge < -0.3 is 10.6 Å². The topological polar surface area (TPSA) is 71.1 Å². The Labute approximate surface area is 145 Å². The zero-order chi connectivity index (χ0) is 17.2. The molecule has 3 aromatic rings. The molecule has 2 heterocycles. The number of carbonyl (C=O) groups excluding carboxylic acids is 2. The summed E-state index contributed by atoms with van der Waals surface area (Å²) >= 11 is 0. The first-order valence-electron chi connectivity index (χ1n) is 8.59. The van der Waals surface area contributed by atoms with Gasteiger partial charge in [-0.1, -0.05) is 30.3 Å². The fourth-order valence-electron chi connectivity index (χ4n) is 3.42. The third-order valence-corrected chi connectivity index (χ3v) is 4.70. The lowest BCUT2D eigenvalue weighted by atomic mass is 10.00. The van der Waals surface area contributed by atoms with Crippen LogP contribution < -0.4 is 10.6 Å². The van der Waals surface area contributed by atoms with Gasteiger partial charge in [0.25, 0.3) is 5.91 Å². The number of hydrogen-bond donors (Lipinski definition) is 2. The number of fused-ring (bicyclic) bond motifs is 3. The Morgan fingerprint density at radius 2 is 1.96 bits per heavy atom. The first-order chi connectivity index (χ1) is 12.2. The molecule has 2 amide bonds. The van der Waals surface area contributed by atoms with Crippen LogP contribution in [0.3, 0.4) is 0 Å². The molecule has 4 rings (SSSR count). The quantitative estimate of drug-likeness (QED) is 0.709. The second-order valence-electron chi connectivity index (χ2n) is 6.36. The van der Waals surface area contributed by atoms with Gasteiger partial charge in [0.15, 0.2) is 0 Å². The van der Waals surface area contributed by atoms with Gasteiger partial charge in [0, 0.05) is 18.1 Å². The van der Waals surface area contributed by atoms with Crippen molar-refractivity contribution in [3.05, 3.63) is 54.2 Å². The standard InChI is InChI=1S/C20H19N3O2/c24-19(23-17-9-3-4-10-22-20(17)25)16-12-13-6-1-2-7-14(13)15-8-5-11-21-18(15)16/h1-2,5-8,11-12,17H,3-4,9-10H2,(H,22,25)(H,23,24)/t17-/m0/s1. The first kappa shape index (κ1) is 15.6. The number of pyridine rings is 1. The van der Waals surface area contributed by atoms with E-state index in [4.69, 9.17) is 0 Å². The third kappa shape index (κ3) is 2.93. The molecule has 1 aromatic heterocycles. The van der Waals surface area contributed by atoms with Crippen LogP contribution in [0.5, 0.6) is 0 Å². The highest BCUT2D eigenvalue weighted by Gasteiger charge is 2.24. The largest absolute Gasteiger partial charge is 0.354 e. The van der Waals surface area contributed by atoms with Crippen LogP contribution >= 0.6 is 0 Å². The predicted molar refractivity (Wildman–Crippen MR) is 97.4 cm³/mol. The highest BCUT2D eigenvalue weighted by Crippen LogP contribution is 2.27. The lowest BCUT2D eigenvalue weighted by Crippen LogP contribution is -2.45. The molecule has 2 aromatic carbocycles. The molecule has 0 spiro atoms. The molecule has 25 heavy (non-hydrogen) atoms. The second-order valence-corrected chi connectivity index (χ2v) is 6.36. The summed E-state index contributed by atoms with van der Waals surface area (Å²) in [6, 6.07) is 13.1. The fourth-order valence-corrected chi connectivity index (χ4v) is 3.42. The number of hydrogen-bond acceptors (Lipinski definition) is 3. The molecule has 0 aliphatic carbocycles. The lowest BCUT2D eigenvalue weighted by Gasteiger charge is -2.16. The van der Waals surface area contributed by atoms with Crippen LogP contribution in [-0.4, -0.2) is 29.4 Å². The molecule has 0 radical (unpaired) electrons. The van der Waals surface area contributed by atoms with Gasteiger partial charge in [0.1, 0.15) is 6.04 Å². The SMILES string of the molecule is O=C(N[C@H]1CCCCNC1=O)c1cc2ccccc2c2cccnc12. The van der Waals surface area contributed by atoms with Crippen molar-refractivity contribution in [2.75, 3.05) is 6.54 Å². The Morgan fingerprint density at radius 3 is 2.88 bits per heavy atom. The van der Waals surface area contributed by atoms with Gasteiger partial charge in [-0.05, 0) is 42.2 Å². The first-order valence-corrected chi connectivity index (χ1v) is 8.59. The van der Waals surface area contributed by atoms with Crippen molar-refractivity contribution in [3.63, 3.8) is 0 Å². The Bertz CT molecular complexity index is 967. The highest BCUT2D eigenvalue weighted by atomic mass is 16.2. The maximum absolute atomic E-state index is 12.9. The number of nitrogens with zero attached hydrogens (tertiary/aromatic N) is 1. The molecule has 1 aliphatic rings. The molecule has 0 saturated carbocycles. The van der Waals surface area contributed by atoms with Crippen molar-refractivity contribution in [2.45, 2.75) is 25.3 Å². The smallest absolute Gasteiger partial charge is 0.254 e. The summed E-state index contributed by atoms with van der Waals surface area (Å²) in [5.74, 6) is -0.361. The molecule has 1 aliphatic heterocycles. The van der Waals surface area contributed by atoms with Gasteiger partial charge in [0.05, 0.1) is 11.1 Å². The van der Waals surface area contributed by atoms with E-state index in [1.54, 1.807) is 6.20 Å². The minimum Gasteiger partial charge on any atom is -0.354 e. The van der Waals surface area contributed by atoms with E-state index in [0.717, 1.165) is 29.0 Å². The Balaban J connectivity index is 1.76. The lowest BCUT2D eigenvalue weighted by molar-refractivity contribution is -0.122. The van der Waals surface area contributed by atoms with Gasteiger partial charge in [-0.2, -0.15) is 0 Å². The zero-order valence-corrected chi connectivity index (χ0v) is 13.8. The van der Waals surface area contributed by atoms with E-state index in [9.17, 15) is 9.59 Å². The predicted octanol–water partition coefficient (Wildman–Crippen LogP) is 2.79. The van der Waals surface area contributed by atoms with Crippen LogP contribution in [0.15, 0.2) is 48.7 Å². The van der Waals surface area contributed by atoms with Crippen molar-refractivity contribution >= 4 is 33.5 Å². The van der Waals surface area contributed by atoms with Crippen molar-refractivity contribution in [3.8, 4) is 0 Å². The zero-order valence-electron chi connectivity index (χ0n) is 13.8. The van der Waals surface area contributed by atoms with Gasteiger partial charge in [-0.15, -0.1) is 0 Å². The normalized spacial score (nSPS) is 17.9. The molecule has 5 nitrogen and oxygen atoms in total. The number of nitrogens with one attached hydrogen (secondary N) is 2. The van der Waals surface area contributed by atoms with Crippen LogP contribution in [0.2, 0.25) is 0 Å². The summed E-state index contributed by atoms with van der Waals surface area (Å²) in [6.07, 6.45) is 4.21. The Morgan fingerprint density at radius 1 is 1.12 bits per heavy atom. The average Bonchev–Trinajstić information content (AvgIpc) is 2.85. The van der Waals surface area contributed by atoms with Gasteiger partial charge >= 0.3 is 0 Å². The molecule has 0 unspecified atom stereocenters. The molecule has 1 atom stereocenters. The summed E-state index contributed by atoms with van der Waals surface area (Å²) in [5.41, 5.74) is 1.17. The average molecular weight is 333 g/mol. The molecule has 1 saturated heterocycles. The maximum Gasteiger partial charge on any atom is 0.254 e. The second kappa shape index (κ2) is 6.51. The van der Waals surface area contributed by atoms with Crippen molar-refractivity contribution in [1.29, 1.82) is 0 Å². The number of aromatic nitrogens is 1. The van der Waals surface area contributed by atoms with E-state index in [-0.39, 0.29) is 11.8 Å². The van der Waals surface area contributed by atoms with E-state index in [0.29, 0.717) is 24.0 Å². The van der Waals surface area contributed by atoms with Crippen LogP contribution in [0.4, 0.5) is 0 Å². The van der Waals surface area contributed by atoms with E-state index < -0.39 is 6.04 Å². The minimum atomic E-state index is -0.486. The third-order valence-electron chi connectivity index (χ3n) is 4.70. The summed E-state index contributed by atoms with van der Waals surface area (Å²) in [4.78, 5) is 29.4. The van der Waals surface area contributed by atoms with Crippen molar-refractivity contribution in [2.24, 2.45) is 0 Å². The minimum absolute atomic E-state index is 0.107.